The van der Waals surface area contributed by atoms with Crippen molar-refractivity contribution in [2.24, 2.45) is 0 Å². The van der Waals surface area contributed by atoms with E-state index < -0.39 is 0 Å². The van der Waals surface area contributed by atoms with Gasteiger partial charge in [-0.05, 0) is 18.4 Å². The molecule has 2 nitrogen and oxygen atoms in total. The summed E-state index contributed by atoms with van der Waals surface area (Å²) in [7, 11) is 0. The predicted molar refractivity (Wildman–Crippen MR) is 72.3 cm³/mol. The van der Waals surface area contributed by atoms with Crippen LogP contribution in [-0.2, 0) is 0 Å². The van der Waals surface area contributed by atoms with Crippen LogP contribution >= 0.6 is 0 Å². The van der Waals surface area contributed by atoms with Crippen LogP contribution in [0.5, 0.6) is 0 Å². The Morgan fingerprint density at radius 2 is 1.41 bits per heavy atom. The molecule has 0 radical (unpaired) electrons. The molecule has 1 aliphatic rings. The minimum absolute atomic E-state index is 0.399. The van der Waals surface area contributed by atoms with E-state index >= 15 is 0 Å². The molecule has 0 aliphatic carbocycles. The van der Waals surface area contributed by atoms with E-state index in [1.54, 1.807) is 0 Å². The van der Waals surface area contributed by atoms with Gasteiger partial charge in [0.1, 0.15) is 6.17 Å². The Morgan fingerprint density at radius 1 is 0.882 bits per heavy atom. The molecular weight excluding hydrogens is 208 g/mol. The van der Waals surface area contributed by atoms with E-state index in [1.807, 2.05) is 0 Å². The maximum absolute atomic E-state index is 2.44. The third kappa shape index (κ3) is 2.63. The average molecular weight is 230 g/mol. The summed E-state index contributed by atoms with van der Waals surface area (Å²) in [5, 5.41) is 0. The number of hydrogen-bond acceptors (Lipinski definition) is 2. The zero-order chi connectivity index (χ0) is 12.1. The van der Waals surface area contributed by atoms with Gasteiger partial charge in [-0.15, -0.1) is 0 Å². The zero-order valence-corrected chi connectivity index (χ0v) is 10.8. The molecule has 0 aromatic heterocycles. The summed E-state index contributed by atoms with van der Waals surface area (Å²) in [4.78, 5) is 4.87. The van der Waals surface area contributed by atoms with Gasteiger partial charge in [0.05, 0.1) is 0 Å². The lowest BCUT2D eigenvalue weighted by Gasteiger charge is -2.32. The van der Waals surface area contributed by atoms with Gasteiger partial charge in [0.25, 0.3) is 0 Å². The van der Waals surface area contributed by atoms with E-state index in [0.717, 1.165) is 13.1 Å². The molecule has 0 amide bonds. The van der Waals surface area contributed by atoms with Crippen molar-refractivity contribution in [2.45, 2.75) is 32.9 Å². The highest BCUT2D eigenvalue weighted by molar-refractivity contribution is 5.21. The molecule has 1 aromatic carbocycles. The third-order valence-electron chi connectivity index (χ3n) is 3.14. The number of nitrogens with zero attached hydrogens (tertiary/aromatic N) is 2. The van der Waals surface area contributed by atoms with Gasteiger partial charge in [0, 0.05) is 25.5 Å². The molecule has 0 unspecified atom stereocenters. The van der Waals surface area contributed by atoms with E-state index in [9.17, 15) is 0 Å². The first kappa shape index (κ1) is 12.0. The highest BCUT2D eigenvalue weighted by Crippen LogP contribution is 2.30. The van der Waals surface area contributed by atoms with E-state index in [1.165, 1.54) is 18.4 Å². The van der Waals surface area contributed by atoms with Crippen LogP contribution in [0.25, 0.3) is 0 Å². The highest BCUT2D eigenvalue weighted by atomic mass is 15.4. The normalized spacial score (nSPS) is 15.9. The SMILES string of the molecule is CCCN1C=CN(CCC)C1c1ccccc1. The van der Waals surface area contributed by atoms with E-state index in [-0.39, 0.29) is 0 Å². The van der Waals surface area contributed by atoms with Crippen LogP contribution in [0.1, 0.15) is 38.4 Å². The van der Waals surface area contributed by atoms with Crippen molar-refractivity contribution in [3.8, 4) is 0 Å². The van der Waals surface area contributed by atoms with Crippen LogP contribution in [0.4, 0.5) is 0 Å². The molecule has 92 valence electrons. The largest absolute Gasteiger partial charge is 0.352 e. The highest BCUT2D eigenvalue weighted by Gasteiger charge is 2.26. The molecule has 1 aliphatic heterocycles. The van der Waals surface area contributed by atoms with Gasteiger partial charge in [-0.1, -0.05) is 44.2 Å². The number of benzene rings is 1. The summed E-state index contributed by atoms with van der Waals surface area (Å²) < 4.78 is 0. The van der Waals surface area contributed by atoms with Gasteiger partial charge >= 0.3 is 0 Å². The topological polar surface area (TPSA) is 6.48 Å². The fourth-order valence-electron chi connectivity index (χ4n) is 2.44. The number of rotatable bonds is 5. The van der Waals surface area contributed by atoms with Crippen molar-refractivity contribution < 1.29 is 0 Å². The third-order valence-corrected chi connectivity index (χ3v) is 3.14. The molecule has 2 rings (SSSR count). The van der Waals surface area contributed by atoms with Crippen molar-refractivity contribution in [1.82, 2.24) is 9.80 Å². The Kier molecular flexibility index (Phi) is 4.08. The van der Waals surface area contributed by atoms with Gasteiger partial charge in [-0.2, -0.15) is 0 Å². The predicted octanol–water partition coefficient (Wildman–Crippen LogP) is 3.59. The molecular formula is C15H22N2. The molecule has 0 N–H and O–H groups in total. The molecule has 17 heavy (non-hydrogen) atoms. The molecule has 0 fully saturated rings. The second-order valence-electron chi connectivity index (χ2n) is 4.56. The van der Waals surface area contributed by atoms with E-state index in [4.69, 9.17) is 0 Å². The van der Waals surface area contributed by atoms with Crippen LogP contribution in [0, 0.1) is 0 Å². The lowest BCUT2D eigenvalue weighted by molar-refractivity contribution is 0.154. The Labute approximate surface area is 105 Å². The van der Waals surface area contributed by atoms with Gasteiger partial charge in [0.2, 0.25) is 0 Å². The second-order valence-corrected chi connectivity index (χ2v) is 4.56. The fraction of sp³-hybridized carbons (Fsp3) is 0.467. The quantitative estimate of drug-likeness (QED) is 0.762. The molecule has 0 bridgehead atoms. The van der Waals surface area contributed by atoms with Crippen molar-refractivity contribution >= 4 is 0 Å². The molecule has 2 heteroatoms. The molecule has 0 saturated heterocycles. The Balaban J connectivity index is 2.19. The lowest BCUT2D eigenvalue weighted by Crippen LogP contribution is -2.31. The van der Waals surface area contributed by atoms with Crippen molar-refractivity contribution in [3.63, 3.8) is 0 Å². The first-order valence-electron chi connectivity index (χ1n) is 6.61. The molecule has 0 saturated carbocycles. The van der Waals surface area contributed by atoms with Crippen LogP contribution in [0.2, 0.25) is 0 Å². The summed E-state index contributed by atoms with van der Waals surface area (Å²) in [5.74, 6) is 0. The van der Waals surface area contributed by atoms with Gasteiger partial charge in [0.15, 0.2) is 0 Å². The van der Waals surface area contributed by atoms with E-state index in [0.29, 0.717) is 6.17 Å². The Bertz CT molecular complexity index is 342. The van der Waals surface area contributed by atoms with Gasteiger partial charge in [-0.3, -0.25) is 0 Å². The zero-order valence-electron chi connectivity index (χ0n) is 10.8. The maximum Gasteiger partial charge on any atom is 0.127 e. The van der Waals surface area contributed by atoms with Crippen LogP contribution < -0.4 is 0 Å². The molecule has 0 spiro atoms. The standard InChI is InChI=1S/C15H22N2/c1-3-10-16-12-13-17(11-4-2)15(16)14-8-6-5-7-9-14/h5-9,12-13,15H,3-4,10-11H2,1-2H3. The van der Waals surface area contributed by atoms with Crippen LogP contribution in [0.3, 0.4) is 0 Å². The van der Waals surface area contributed by atoms with Crippen molar-refractivity contribution in [1.29, 1.82) is 0 Å². The summed E-state index contributed by atoms with van der Waals surface area (Å²) >= 11 is 0. The monoisotopic (exact) mass is 230 g/mol. The summed E-state index contributed by atoms with van der Waals surface area (Å²) in [5.41, 5.74) is 1.39. The van der Waals surface area contributed by atoms with Crippen molar-refractivity contribution in [2.75, 3.05) is 13.1 Å². The minimum atomic E-state index is 0.399. The lowest BCUT2D eigenvalue weighted by atomic mass is 10.1. The minimum Gasteiger partial charge on any atom is -0.352 e. The molecule has 0 atom stereocenters. The first-order chi connectivity index (χ1) is 8.36. The summed E-state index contributed by atoms with van der Waals surface area (Å²) in [6.07, 6.45) is 7.24. The van der Waals surface area contributed by atoms with Crippen LogP contribution in [0.15, 0.2) is 42.7 Å². The maximum atomic E-state index is 2.44. The second kappa shape index (κ2) is 5.76. The van der Waals surface area contributed by atoms with Gasteiger partial charge < -0.3 is 9.80 Å². The molecule has 1 aromatic rings. The van der Waals surface area contributed by atoms with E-state index in [2.05, 4.69) is 66.4 Å². The summed E-state index contributed by atoms with van der Waals surface area (Å²) in [6.45, 7) is 6.71. The van der Waals surface area contributed by atoms with Crippen molar-refractivity contribution in [3.05, 3.63) is 48.3 Å². The smallest absolute Gasteiger partial charge is 0.127 e. The Hall–Kier alpha value is -1.44. The summed E-state index contributed by atoms with van der Waals surface area (Å²) in [6, 6.07) is 10.8. The van der Waals surface area contributed by atoms with Crippen LogP contribution in [-0.4, -0.2) is 22.9 Å². The first-order valence-corrected chi connectivity index (χ1v) is 6.61. The Morgan fingerprint density at radius 3 is 1.88 bits per heavy atom. The number of hydrogen-bond donors (Lipinski definition) is 0. The van der Waals surface area contributed by atoms with Gasteiger partial charge in [-0.25, -0.2) is 0 Å². The fourth-order valence-corrected chi connectivity index (χ4v) is 2.44. The average Bonchev–Trinajstić information content (AvgIpc) is 2.74. The molecule has 1 heterocycles.